The van der Waals surface area contributed by atoms with Crippen LogP contribution in [0, 0.1) is 17.8 Å². The van der Waals surface area contributed by atoms with Crippen LogP contribution in [-0.2, 0) is 14.3 Å². The lowest BCUT2D eigenvalue weighted by Crippen LogP contribution is -2.23. The molecule has 0 saturated heterocycles. The first-order valence-electron chi connectivity index (χ1n) is 7.82. The maximum Gasteiger partial charge on any atom is 0.306 e. The second-order valence-corrected chi connectivity index (χ2v) is 7.18. The van der Waals surface area contributed by atoms with Gasteiger partial charge in [-0.3, -0.25) is 9.59 Å². The summed E-state index contributed by atoms with van der Waals surface area (Å²) in [6.45, 7) is -0.221. The molecule has 0 heterocycles. The highest BCUT2D eigenvalue weighted by Crippen LogP contribution is 2.49. The molecular weight excluding hydrogens is 346 g/mol. The van der Waals surface area contributed by atoms with Crippen LogP contribution in [0.4, 0.5) is 5.69 Å². The Balaban J connectivity index is 1.41. The maximum absolute atomic E-state index is 11.9. The fraction of sp³-hybridized carbons (Fsp3) is 0.529. The summed E-state index contributed by atoms with van der Waals surface area (Å²) in [7, 11) is 0. The summed E-state index contributed by atoms with van der Waals surface area (Å²) in [5.41, 5.74) is 0.677. The molecule has 2 saturated carbocycles. The monoisotopic (exact) mass is 365 g/mol. The standard InChI is InChI=1S/C17H20BrNO3/c18-14-3-1-2-4-15(14)19-16(20)10-22-17(21)9-13-8-11-5-6-12(13)7-11/h1-4,11-13H,5-10H2,(H,19,20)/t11-,12-,13-/m1/s1. The number of hydrogen-bond acceptors (Lipinski definition) is 3. The number of carbonyl (C=O) groups is 2. The normalized spacial score (nSPS) is 26.0. The van der Waals surface area contributed by atoms with Crippen LogP contribution < -0.4 is 5.32 Å². The van der Waals surface area contributed by atoms with E-state index in [9.17, 15) is 9.59 Å². The summed E-state index contributed by atoms with van der Waals surface area (Å²) in [5, 5.41) is 2.72. The minimum absolute atomic E-state index is 0.221. The number of rotatable bonds is 5. The SMILES string of the molecule is O=C(COC(=O)C[C@H]1C[C@@H]2CC[C@@H]1C2)Nc1ccccc1Br. The number of carbonyl (C=O) groups excluding carboxylic acids is 2. The van der Waals surface area contributed by atoms with E-state index in [0.29, 0.717) is 23.9 Å². The van der Waals surface area contributed by atoms with Crippen molar-refractivity contribution in [2.75, 3.05) is 11.9 Å². The Hall–Kier alpha value is -1.36. The molecule has 2 aliphatic carbocycles. The van der Waals surface area contributed by atoms with Crippen molar-refractivity contribution in [3.63, 3.8) is 0 Å². The first-order chi connectivity index (χ1) is 10.6. The van der Waals surface area contributed by atoms with E-state index in [-0.39, 0.29) is 18.5 Å². The molecule has 3 rings (SSSR count). The van der Waals surface area contributed by atoms with E-state index in [1.54, 1.807) is 6.07 Å². The van der Waals surface area contributed by atoms with Gasteiger partial charge in [-0.15, -0.1) is 0 Å². The summed E-state index contributed by atoms with van der Waals surface area (Å²) >= 11 is 3.36. The minimum atomic E-state index is -0.312. The lowest BCUT2D eigenvalue weighted by Gasteiger charge is -2.20. The van der Waals surface area contributed by atoms with Gasteiger partial charge >= 0.3 is 5.97 Å². The molecule has 1 amide bonds. The van der Waals surface area contributed by atoms with Gasteiger partial charge in [-0.25, -0.2) is 0 Å². The molecule has 22 heavy (non-hydrogen) atoms. The van der Waals surface area contributed by atoms with Crippen molar-refractivity contribution in [1.29, 1.82) is 0 Å². The lowest BCUT2D eigenvalue weighted by atomic mass is 9.86. The van der Waals surface area contributed by atoms with Crippen LogP contribution in [0.15, 0.2) is 28.7 Å². The van der Waals surface area contributed by atoms with Crippen LogP contribution in [0.2, 0.25) is 0 Å². The number of hydrogen-bond donors (Lipinski definition) is 1. The molecule has 4 nitrogen and oxygen atoms in total. The van der Waals surface area contributed by atoms with Crippen LogP contribution in [0.25, 0.3) is 0 Å². The summed E-state index contributed by atoms with van der Waals surface area (Å²) in [6, 6.07) is 7.34. The van der Waals surface area contributed by atoms with E-state index in [1.807, 2.05) is 18.2 Å². The van der Waals surface area contributed by atoms with Crippen LogP contribution in [0.5, 0.6) is 0 Å². The number of anilines is 1. The molecule has 0 unspecified atom stereocenters. The van der Waals surface area contributed by atoms with E-state index in [0.717, 1.165) is 16.8 Å². The third kappa shape index (κ3) is 3.69. The highest BCUT2D eigenvalue weighted by atomic mass is 79.9. The molecule has 5 heteroatoms. The zero-order valence-corrected chi connectivity index (χ0v) is 14.0. The van der Waals surface area contributed by atoms with Crippen LogP contribution in [-0.4, -0.2) is 18.5 Å². The zero-order chi connectivity index (χ0) is 15.5. The van der Waals surface area contributed by atoms with Crippen LogP contribution >= 0.6 is 15.9 Å². The first kappa shape index (κ1) is 15.5. The average molecular weight is 366 g/mol. The third-order valence-electron chi connectivity index (χ3n) is 4.83. The number of benzene rings is 1. The van der Waals surface area contributed by atoms with Crippen molar-refractivity contribution in [2.45, 2.75) is 32.1 Å². The number of esters is 1. The quantitative estimate of drug-likeness (QED) is 0.808. The van der Waals surface area contributed by atoms with Crippen LogP contribution in [0.3, 0.4) is 0 Å². The van der Waals surface area contributed by atoms with Gasteiger partial charge < -0.3 is 10.1 Å². The van der Waals surface area contributed by atoms with Crippen molar-refractivity contribution < 1.29 is 14.3 Å². The fourth-order valence-electron chi connectivity index (χ4n) is 3.79. The van der Waals surface area contributed by atoms with E-state index in [1.165, 1.54) is 19.3 Å². The van der Waals surface area contributed by atoms with E-state index in [4.69, 9.17) is 4.74 Å². The summed E-state index contributed by atoms with van der Waals surface area (Å²) in [5.74, 6) is 1.43. The van der Waals surface area contributed by atoms with Gasteiger partial charge in [0.1, 0.15) is 0 Å². The number of para-hydroxylation sites is 1. The molecule has 3 atom stereocenters. The molecular formula is C17H20BrNO3. The molecule has 0 aliphatic heterocycles. The molecule has 118 valence electrons. The Labute approximate surface area is 138 Å². The predicted molar refractivity (Wildman–Crippen MR) is 87.3 cm³/mol. The molecule has 2 aliphatic rings. The summed E-state index contributed by atoms with van der Waals surface area (Å²) < 4.78 is 5.92. The van der Waals surface area contributed by atoms with Crippen molar-refractivity contribution in [3.8, 4) is 0 Å². The van der Waals surface area contributed by atoms with E-state index >= 15 is 0 Å². The van der Waals surface area contributed by atoms with Gasteiger partial charge in [-0.05, 0) is 65.1 Å². The summed E-state index contributed by atoms with van der Waals surface area (Å²) in [6.07, 6.45) is 5.47. The molecule has 0 radical (unpaired) electrons. The Kier molecular flexibility index (Phi) is 4.81. The van der Waals surface area contributed by atoms with Gasteiger partial charge in [0.2, 0.25) is 0 Å². The molecule has 0 spiro atoms. The molecule has 0 aromatic heterocycles. The fourth-order valence-corrected chi connectivity index (χ4v) is 4.18. The Morgan fingerprint density at radius 3 is 2.73 bits per heavy atom. The lowest BCUT2D eigenvalue weighted by molar-refractivity contribution is -0.148. The average Bonchev–Trinajstić information content (AvgIpc) is 3.10. The number of amides is 1. The largest absolute Gasteiger partial charge is 0.456 e. The molecule has 1 aromatic rings. The maximum atomic E-state index is 11.9. The summed E-state index contributed by atoms with van der Waals surface area (Å²) in [4.78, 5) is 23.7. The van der Waals surface area contributed by atoms with Gasteiger partial charge in [0.15, 0.2) is 6.61 Å². The Bertz CT molecular complexity index is 575. The minimum Gasteiger partial charge on any atom is -0.456 e. The second kappa shape index (κ2) is 6.82. The molecule has 2 fully saturated rings. The van der Waals surface area contributed by atoms with Crippen molar-refractivity contribution >= 4 is 33.5 Å². The van der Waals surface area contributed by atoms with Crippen molar-refractivity contribution in [3.05, 3.63) is 28.7 Å². The Morgan fingerprint density at radius 1 is 1.23 bits per heavy atom. The van der Waals surface area contributed by atoms with Gasteiger partial charge in [-0.1, -0.05) is 18.6 Å². The molecule has 1 aromatic carbocycles. The predicted octanol–water partition coefficient (Wildman–Crippen LogP) is 3.76. The third-order valence-corrected chi connectivity index (χ3v) is 5.52. The number of ether oxygens (including phenoxy) is 1. The molecule has 1 N–H and O–H groups in total. The Morgan fingerprint density at radius 2 is 2.05 bits per heavy atom. The topological polar surface area (TPSA) is 55.4 Å². The van der Waals surface area contributed by atoms with E-state index in [2.05, 4.69) is 21.2 Å². The van der Waals surface area contributed by atoms with Gasteiger partial charge in [0.25, 0.3) is 5.91 Å². The number of halogens is 1. The zero-order valence-electron chi connectivity index (χ0n) is 12.4. The van der Waals surface area contributed by atoms with Gasteiger partial charge in [0, 0.05) is 10.9 Å². The number of nitrogens with one attached hydrogen (secondary N) is 1. The van der Waals surface area contributed by atoms with Gasteiger partial charge in [0.05, 0.1) is 5.69 Å². The van der Waals surface area contributed by atoms with Crippen LogP contribution in [0.1, 0.15) is 32.1 Å². The molecule has 2 bridgehead atoms. The smallest absolute Gasteiger partial charge is 0.306 e. The van der Waals surface area contributed by atoms with Crippen molar-refractivity contribution in [2.24, 2.45) is 17.8 Å². The first-order valence-corrected chi connectivity index (χ1v) is 8.61. The highest BCUT2D eigenvalue weighted by molar-refractivity contribution is 9.10. The second-order valence-electron chi connectivity index (χ2n) is 6.33. The number of fused-ring (bicyclic) bond motifs is 2. The highest BCUT2D eigenvalue weighted by Gasteiger charge is 2.40. The van der Waals surface area contributed by atoms with Gasteiger partial charge in [-0.2, -0.15) is 0 Å². The van der Waals surface area contributed by atoms with E-state index < -0.39 is 0 Å². The van der Waals surface area contributed by atoms with Crippen molar-refractivity contribution in [1.82, 2.24) is 0 Å².